The highest BCUT2D eigenvalue weighted by atomic mass is 79.9. The van der Waals surface area contributed by atoms with Crippen LogP contribution in [0.2, 0.25) is 0 Å². The average Bonchev–Trinajstić information content (AvgIpc) is 2.39. The van der Waals surface area contributed by atoms with E-state index in [1.54, 1.807) is 0 Å². The third-order valence-corrected chi connectivity index (χ3v) is 3.24. The van der Waals surface area contributed by atoms with Gasteiger partial charge in [0.25, 0.3) is 0 Å². The SMILES string of the molecule is O=C(c1ccc(F)c(F)c1)c1ccc(F)c(F)c1Br. The van der Waals surface area contributed by atoms with Gasteiger partial charge in [0.05, 0.1) is 4.47 Å². The maximum absolute atomic E-state index is 13.3. The third-order valence-electron chi connectivity index (χ3n) is 2.46. The van der Waals surface area contributed by atoms with Gasteiger partial charge >= 0.3 is 0 Å². The van der Waals surface area contributed by atoms with Gasteiger partial charge in [-0.25, -0.2) is 17.6 Å². The predicted octanol–water partition coefficient (Wildman–Crippen LogP) is 4.24. The number of carbonyl (C=O) groups excluding carboxylic acids is 1. The van der Waals surface area contributed by atoms with Crippen LogP contribution in [-0.4, -0.2) is 5.78 Å². The molecule has 0 heterocycles. The highest BCUT2D eigenvalue weighted by Gasteiger charge is 2.19. The maximum Gasteiger partial charge on any atom is 0.194 e. The molecule has 0 bridgehead atoms. The van der Waals surface area contributed by atoms with E-state index in [1.165, 1.54) is 0 Å². The van der Waals surface area contributed by atoms with Crippen LogP contribution in [0.25, 0.3) is 0 Å². The zero-order chi connectivity index (χ0) is 14.2. The standard InChI is InChI=1S/C13H5BrF4O/c14-11-7(2-4-9(16)12(11)18)13(19)6-1-3-8(15)10(17)5-6/h1-5H. The lowest BCUT2D eigenvalue weighted by Crippen LogP contribution is -2.05. The van der Waals surface area contributed by atoms with Gasteiger partial charge in [-0.2, -0.15) is 0 Å². The Hall–Kier alpha value is -1.69. The number of carbonyl (C=O) groups is 1. The Morgan fingerprint density at radius 3 is 2.16 bits per heavy atom. The van der Waals surface area contributed by atoms with E-state index in [0.29, 0.717) is 6.07 Å². The van der Waals surface area contributed by atoms with Crippen molar-refractivity contribution in [3.05, 3.63) is 69.2 Å². The molecule has 0 aliphatic carbocycles. The summed E-state index contributed by atoms with van der Waals surface area (Å²) in [4.78, 5) is 12.0. The third kappa shape index (κ3) is 2.53. The first-order valence-electron chi connectivity index (χ1n) is 5.05. The van der Waals surface area contributed by atoms with E-state index in [4.69, 9.17) is 0 Å². The molecule has 0 saturated carbocycles. The van der Waals surface area contributed by atoms with Gasteiger partial charge in [-0.3, -0.25) is 4.79 Å². The van der Waals surface area contributed by atoms with Crippen LogP contribution >= 0.6 is 15.9 Å². The van der Waals surface area contributed by atoms with Crippen LogP contribution in [0.3, 0.4) is 0 Å². The summed E-state index contributed by atoms with van der Waals surface area (Å²) in [5.41, 5.74) is -0.337. The minimum absolute atomic E-state index is 0.161. The van der Waals surface area contributed by atoms with E-state index in [0.717, 1.165) is 24.3 Å². The molecule has 0 unspecified atom stereocenters. The predicted molar refractivity (Wildman–Crippen MR) is 63.8 cm³/mol. The Bertz CT molecular complexity index is 670. The number of halogens is 5. The Morgan fingerprint density at radius 1 is 0.895 bits per heavy atom. The second-order valence-electron chi connectivity index (χ2n) is 3.68. The second kappa shape index (κ2) is 5.13. The maximum atomic E-state index is 13.3. The average molecular weight is 333 g/mol. The Balaban J connectivity index is 2.50. The molecule has 0 radical (unpaired) electrons. The van der Waals surface area contributed by atoms with Crippen molar-refractivity contribution < 1.29 is 22.4 Å². The molecule has 0 aliphatic rings. The van der Waals surface area contributed by atoms with Gasteiger partial charge in [0.2, 0.25) is 0 Å². The van der Waals surface area contributed by atoms with Gasteiger partial charge in [0, 0.05) is 11.1 Å². The zero-order valence-electron chi connectivity index (χ0n) is 9.18. The Labute approximate surface area is 114 Å². The minimum Gasteiger partial charge on any atom is -0.289 e. The van der Waals surface area contributed by atoms with Crippen molar-refractivity contribution in [2.45, 2.75) is 0 Å². The van der Waals surface area contributed by atoms with Crippen molar-refractivity contribution in [2.24, 2.45) is 0 Å². The normalized spacial score (nSPS) is 10.6. The number of benzene rings is 2. The molecule has 0 N–H and O–H groups in total. The lowest BCUT2D eigenvalue weighted by molar-refractivity contribution is 0.103. The number of hydrogen-bond donors (Lipinski definition) is 0. The van der Waals surface area contributed by atoms with Gasteiger partial charge < -0.3 is 0 Å². The molecule has 0 spiro atoms. The van der Waals surface area contributed by atoms with E-state index in [2.05, 4.69) is 15.9 Å². The first-order valence-corrected chi connectivity index (χ1v) is 5.84. The Kier molecular flexibility index (Phi) is 3.71. The number of ketones is 1. The summed E-state index contributed by atoms with van der Waals surface area (Å²) < 4.78 is 51.6. The van der Waals surface area contributed by atoms with E-state index < -0.39 is 29.1 Å². The van der Waals surface area contributed by atoms with Gasteiger partial charge in [0.15, 0.2) is 29.1 Å². The van der Waals surface area contributed by atoms with E-state index >= 15 is 0 Å². The summed E-state index contributed by atoms with van der Waals surface area (Å²) >= 11 is 2.76. The smallest absolute Gasteiger partial charge is 0.194 e. The molecule has 2 rings (SSSR count). The molecule has 1 nitrogen and oxygen atoms in total. The molecule has 2 aromatic rings. The van der Waals surface area contributed by atoms with E-state index in [9.17, 15) is 22.4 Å². The van der Waals surface area contributed by atoms with Gasteiger partial charge in [-0.15, -0.1) is 0 Å². The molecular weight excluding hydrogens is 328 g/mol. The molecule has 0 fully saturated rings. The van der Waals surface area contributed by atoms with E-state index in [-0.39, 0.29) is 15.6 Å². The molecule has 19 heavy (non-hydrogen) atoms. The van der Waals surface area contributed by atoms with Crippen LogP contribution < -0.4 is 0 Å². The van der Waals surface area contributed by atoms with Crippen LogP contribution in [0.15, 0.2) is 34.8 Å². The molecule has 0 aliphatic heterocycles. The van der Waals surface area contributed by atoms with Gasteiger partial charge in [0.1, 0.15) is 0 Å². The lowest BCUT2D eigenvalue weighted by Gasteiger charge is -2.06. The van der Waals surface area contributed by atoms with Crippen molar-refractivity contribution in [1.82, 2.24) is 0 Å². The van der Waals surface area contributed by atoms with Crippen molar-refractivity contribution in [1.29, 1.82) is 0 Å². The topological polar surface area (TPSA) is 17.1 Å². The quantitative estimate of drug-likeness (QED) is 0.457. The number of hydrogen-bond acceptors (Lipinski definition) is 1. The highest BCUT2D eigenvalue weighted by molar-refractivity contribution is 9.10. The van der Waals surface area contributed by atoms with Crippen LogP contribution in [0.4, 0.5) is 17.6 Å². The van der Waals surface area contributed by atoms with Crippen molar-refractivity contribution in [2.75, 3.05) is 0 Å². The summed E-state index contributed by atoms with van der Waals surface area (Å²) in [5, 5.41) is 0. The monoisotopic (exact) mass is 332 g/mol. The fourth-order valence-electron chi connectivity index (χ4n) is 1.49. The molecular formula is C13H5BrF4O. The molecule has 0 saturated heterocycles. The largest absolute Gasteiger partial charge is 0.289 e. The minimum atomic E-state index is -1.21. The summed E-state index contributed by atoms with van der Waals surface area (Å²) in [6.07, 6.45) is 0. The lowest BCUT2D eigenvalue weighted by atomic mass is 10.0. The zero-order valence-corrected chi connectivity index (χ0v) is 10.8. The highest BCUT2D eigenvalue weighted by Crippen LogP contribution is 2.25. The first-order chi connectivity index (χ1) is 8.91. The fourth-order valence-corrected chi connectivity index (χ4v) is 2.00. The summed E-state index contributed by atoms with van der Waals surface area (Å²) in [7, 11) is 0. The summed E-state index contributed by atoms with van der Waals surface area (Å²) in [6, 6.07) is 4.40. The molecule has 0 aromatic heterocycles. The van der Waals surface area contributed by atoms with Crippen LogP contribution in [0, 0.1) is 23.3 Å². The summed E-state index contributed by atoms with van der Waals surface area (Å²) in [6.45, 7) is 0. The van der Waals surface area contributed by atoms with E-state index in [1.807, 2.05) is 0 Å². The van der Waals surface area contributed by atoms with Gasteiger partial charge in [-0.05, 0) is 46.3 Å². The number of rotatable bonds is 2. The second-order valence-corrected chi connectivity index (χ2v) is 4.47. The molecule has 6 heteroatoms. The molecule has 2 aromatic carbocycles. The van der Waals surface area contributed by atoms with Crippen molar-refractivity contribution in [3.8, 4) is 0 Å². The fraction of sp³-hybridized carbons (Fsp3) is 0. The Morgan fingerprint density at radius 2 is 1.53 bits per heavy atom. The van der Waals surface area contributed by atoms with Crippen LogP contribution in [0.1, 0.15) is 15.9 Å². The van der Waals surface area contributed by atoms with Crippen LogP contribution in [0.5, 0.6) is 0 Å². The summed E-state index contributed by atoms with van der Waals surface area (Å²) in [5.74, 6) is -5.36. The van der Waals surface area contributed by atoms with Crippen molar-refractivity contribution in [3.63, 3.8) is 0 Å². The first kappa shape index (κ1) is 13.7. The molecule has 0 atom stereocenters. The van der Waals surface area contributed by atoms with Crippen LogP contribution in [-0.2, 0) is 0 Å². The van der Waals surface area contributed by atoms with Gasteiger partial charge in [-0.1, -0.05) is 0 Å². The van der Waals surface area contributed by atoms with Crippen molar-refractivity contribution >= 4 is 21.7 Å². The molecule has 98 valence electrons. The molecule has 0 amide bonds.